The molecule has 0 aromatic carbocycles. The second-order valence-electron chi connectivity index (χ2n) is 8.61. The predicted molar refractivity (Wildman–Crippen MR) is 103 cm³/mol. The van der Waals surface area contributed by atoms with E-state index < -0.39 is 0 Å². The summed E-state index contributed by atoms with van der Waals surface area (Å²) in [5, 5.41) is 3.12. The molecule has 1 aliphatic carbocycles. The van der Waals surface area contributed by atoms with Gasteiger partial charge in [0.15, 0.2) is 0 Å². The highest BCUT2D eigenvalue weighted by molar-refractivity contribution is 5.78. The second-order valence-corrected chi connectivity index (χ2v) is 8.61. The quantitative estimate of drug-likeness (QED) is 0.743. The highest BCUT2D eigenvalue weighted by atomic mass is 16.2. The number of rotatable bonds is 7. The van der Waals surface area contributed by atoms with E-state index >= 15 is 0 Å². The van der Waals surface area contributed by atoms with Gasteiger partial charge in [-0.1, -0.05) is 13.3 Å². The monoisotopic (exact) mass is 364 g/mol. The number of hydrogen-bond donors (Lipinski definition) is 1. The lowest BCUT2D eigenvalue weighted by atomic mass is 9.76. The molecule has 0 bridgehead atoms. The molecule has 2 aliphatic heterocycles. The normalized spacial score (nSPS) is 26.5. The Hall–Kier alpha value is -1.14. The molecule has 1 saturated carbocycles. The zero-order valence-corrected chi connectivity index (χ0v) is 16.6. The van der Waals surface area contributed by atoms with Crippen LogP contribution in [0.4, 0.5) is 0 Å². The molecule has 3 fully saturated rings. The fourth-order valence-corrected chi connectivity index (χ4v) is 4.52. The first-order valence-electron chi connectivity index (χ1n) is 10.5. The standard InChI is InChI=1S/C20H36N4O2/c1-3-4-6-18(25)21-17-7-10-22(15-17)16-19(26)23-11-13-24(14-12-23)20(2)8-5-9-20/h17H,3-16H2,1-2H3,(H,21,25). The lowest BCUT2D eigenvalue weighted by molar-refractivity contribution is -0.135. The van der Waals surface area contributed by atoms with Crippen molar-refractivity contribution in [3.8, 4) is 0 Å². The van der Waals surface area contributed by atoms with E-state index in [1.807, 2.05) is 4.90 Å². The summed E-state index contributed by atoms with van der Waals surface area (Å²) >= 11 is 0. The fraction of sp³-hybridized carbons (Fsp3) is 0.900. The summed E-state index contributed by atoms with van der Waals surface area (Å²) in [4.78, 5) is 31.3. The Bertz CT molecular complexity index is 498. The fourth-order valence-electron chi connectivity index (χ4n) is 4.52. The minimum atomic E-state index is 0.158. The molecule has 0 radical (unpaired) electrons. The van der Waals surface area contributed by atoms with Crippen LogP contribution in [0.1, 0.15) is 58.8 Å². The Labute approximate surface area is 158 Å². The molecule has 1 N–H and O–H groups in total. The Balaban J connectivity index is 1.36. The molecule has 2 heterocycles. The number of amides is 2. The van der Waals surface area contributed by atoms with Gasteiger partial charge in [-0.05, 0) is 39.0 Å². The van der Waals surface area contributed by atoms with Crippen molar-refractivity contribution in [3.63, 3.8) is 0 Å². The van der Waals surface area contributed by atoms with Crippen molar-refractivity contribution in [3.05, 3.63) is 0 Å². The number of carbonyl (C=O) groups excluding carboxylic acids is 2. The predicted octanol–water partition coefficient (Wildman–Crippen LogP) is 1.45. The third-order valence-electron chi connectivity index (χ3n) is 6.58. The van der Waals surface area contributed by atoms with E-state index in [0.717, 1.165) is 58.5 Å². The van der Waals surface area contributed by atoms with Gasteiger partial charge in [-0.25, -0.2) is 0 Å². The minimum Gasteiger partial charge on any atom is -0.352 e. The molecule has 2 amide bonds. The van der Waals surface area contributed by atoms with Crippen LogP contribution in [0, 0.1) is 0 Å². The first-order valence-corrected chi connectivity index (χ1v) is 10.5. The first-order chi connectivity index (χ1) is 12.5. The van der Waals surface area contributed by atoms with Crippen molar-refractivity contribution in [2.24, 2.45) is 0 Å². The maximum absolute atomic E-state index is 12.6. The van der Waals surface area contributed by atoms with Gasteiger partial charge in [0, 0.05) is 57.3 Å². The molecule has 0 aromatic rings. The minimum absolute atomic E-state index is 0.158. The number of nitrogens with one attached hydrogen (secondary N) is 1. The van der Waals surface area contributed by atoms with Crippen LogP contribution in [-0.2, 0) is 9.59 Å². The van der Waals surface area contributed by atoms with Crippen LogP contribution in [0.2, 0.25) is 0 Å². The van der Waals surface area contributed by atoms with Gasteiger partial charge >= 0.3 is 0 Å². The molecule has 3 aliphatic rings. The largest absolute Gasteiger partial charge is 0.352 e. The van der Waals surface area contributed by atoms with Crippen molar-refractivity contribution < 1.29 is 9.59 Å². The summed E-state index contributed by atoms with van der Waals surface area (Å²) in [7, 11) is 0. The van der Waals surface area contributed by atoms with Crippen LogP contribution in [-0.4, -0.2) is 83.9 Å². The Morgan fingerprint density at radius 3 is 2.46 bits per heavy atom. The van der Waals surface area contributed by atoms with Gasteiger partial charge in [-0.3, -0.25) is 19.4 Å². The number of carbonyl (C=O) groups is 2. The second kappa shape index (κ2) is 8.70. The van der Waals surface area contributed by atoms with Crippen LogP contribution >= 0.6 is 0 Å². The molecular weight excluding hydrogens is 328 g/mol. The SMILES string of the molecule is CCCCC(=O)NC1CCN(CC(=O)N2CCN(C3(C)CCC3)CC2)C1. The van der Waals surface area contributed by atoms with E-state index in [2.05, 4.69) is 29.0 Å². The molecule has 0 aromatic heterocycles. The number of hydrogen-bond acceptors (Lipinski definition) is 4. The van der Waals surface area contributed by atoms with Gasteiger partial charge in [-0.15, -0.1) is 0 Å². The summed E-state index contributed by atoms with van der Waals surface area (Å²) in [6.07, 6.45) is 7.53. The number of likely N-dealkylation sites (tertiary alicyclic amines) is 1. The molecule has 1 atom stereocenters. The van der Waals surface area contributed by atoms with E-state index in [1.165, 1.54) is 19.3 Å². The zero-order chi connectivity index (χ0) is 18.6. The average Bonchev–Trinajstić information content (AvgIpc) is 3.04. The Morgan fingerprint density at radius 1 is 1.12 bits per heavy atom. The maximum atomic E-state index is 12.6. The summed E-state index contributed by atoms with van der Waals surface area (Å²) in [6.45, 7) is 10.4. The molecule has 1 unspecified atom stereocenters. The molecule has 26 heavy (non-hydrogen) atoms. The van der Waals surface area contributed by atoms with Gasteiger partial charge in [0.25, 0.3) is 0 Å². The van der Waals surface area contributed by atoms with Crippen molar-refractivity contribution in [2.75, 3.05) is 45.8 Å². The maximum Gasteiger partial charge on any atom is 0.236 e. The lowest BCUT2D eigenvalue weighted by Crippen LogP contribution is -2.60. The summed E-state index contributed by atoms with van der Waals surface area (Å²) in [5.74, 6) is 0.409. The number of unbranched alkanes of at least 4 members (excludes halogenated alkanes) is 1. The molecular formula is C20H36N4O2. The molecule has 0 spiro atoms. The van der Waals surface area contributed by atoms with Crippen molar-refractivity contribution in [2.45, 2.75) is 70.4 Å². The molecule has 148 valence electrons. The van der Waals surface area contributed by atoms with Gasteiger partial charge in [-0.2, -0.15) is 0 Å². The van der Waals surface area contributed by atoms with E-state index in [9.17, 15) is 9.59 Å². The number of nitrogens with zero attached hydrogens (tertiary/aromatic N) is 3. The van der Waals surface area contributed by atoms with Crippen LogP contribution in [0.15, 0.2) is 0 Å². The molecule has 6 nitrogen and oxygen atoms in total. The lowest BCUT2D eigenvalue weighted by Gasteiger charge is -2.51. The van der Waals surface area contributed by atoms with Gasteiger partial charge in [0.1, 0.15) is 0 Å². The highest BCUT2D eigenvalue weighted by Crippen LogP contribution is 2.37. The van der Waals surface area contributed by atoms with Crippen molar-refractivity contribution >= 4 is 11.8 Å². The summed E-state index contributed by atoms with van der Waals surface area (Å²) in [6, 6.07) is 0.211. The number of piperazine rings is 1. The van der Waals surface area contributed by atoms with Gasteiger partial charge < -0.3 is 10.2 Å². The van der Waals surface area contributed by atoms with E-state index in [4.69, 9.17) is 0 Å². The van der Waals surface area contributed by atoms with E-state index in [-0.39, 0.29) is 17.9 Å². The van der Waals surface area contributed by atoms with Gasteiger partial charge in [0.2, 0.25) is 11.8 Å². The highest BCUT2D eigenvalue weighted by Gasteiger charge is 2.39. The molecule has 2 saturated heterocycles. The van der Waals surface area contributed by atoms with Crippen LogP contribution in [0.25, 0.3) is 0 Å². The van der Waals surface area contributed by atoms with E-state index in [0.29, 0.717) is 18.5 Å². The van der Waals surface area contributed by atoms with Gasteiger partial charge in [0.05, 0.1) is 6.54 Å². The molecule has 3 rings (SSSR count). The Morgan fingerprint density at radius 2 is 1.85 bits per heavy atom. The smallest absolute Gasteiger partial charge is 0.236 e. The zero-order valence-electron chi connectivity index (χ0n) is 16.6. The first kappa shape index (κ1) is 19.6. The van der Waals surface area contributed by atoms with Crippen LogP contribution < -0.4 is 5.32 Å². The van der Waals surface area contributed by atoms with Crippen LogP contribution in [0.5, 0.6) is 0 Å². The third kappa shape index (κ3) is 4.77. The average molecular weight is 365 g/mol. The van der Waals surface area contributed by atoms with E-state index in [1.54, 1.807) is 0 Å². The Kier molecular flexibility index (Phi) is 6.56. The topological polar surface area (TPSA) is 55.9 Å². The molecule has 6 heteroatoms. The van der Waals surface area contributed by atoms with Crippen molar-refractivity contribution in [1.82, 2.24) is 20.0 Å². The summed E-state index contributed by atoms with van der Waals surface area (Å²) in [5.41, 5.74) is 0.396. The summed E-state index contributed by atoms with van der Waals surface area (Å²) < 4.78 is 0. The van der Waals surface area contributed by atoms with Crippen molar-refractivity contribution in [1.29, 1.82) is 0 Å². The van der Waals surface area contributed by atoms with Crippen LogP contribution in [0.3, 0.4) is 0 Å². The third-order valence-corrected chi connectivity index (χ3v) is 6.58.